The molecule has 0 aliphatic carbocycles. The fraction of sp³-hybridized carbons (Fsp3) is 0.667. The number of nitrogens with zero attached hydrogens (tertiary/aromatic N) is 1. The Balaban J connectivity index is 1.92. The van der Waals surface area contributed by atoms with Crippen LogP contribution in [-0.4, -0.2) is 37.2 Å². The lowest BCUT2D eigenvalue weighted by Gasteiger charge is -2.23. The summed E-state index contributed by atoms with van der Waals surface area (Å²) in [6.07, 6.45) is 1.19. The normalized spacial score (nSPS) is 20.1. The zero-order valence-corrected chi connectivity index (χ0v) is 13.8. The van der Waals surface area contributed by atoms with Crippen LogP contribution in [0.1, 0.15) is 38.3 Å². The van der Waals surface area contributed by atoms with Gasteiger partial charge in [0.25, 0.3) is 0 Å². The van der Waals surface area contributed by atoms with Gasteiger partial charge in [-0.05, 0) is 43.5 Å². The monoisotopic (exact) mass is 290 g/mol. The van der Waals surface area contributed by atoms with E-state index in [0.717, 1.165) is 39.4 Å². The van der Waals surface area contributed by atoms with Crippen molar-refractivity contribution in [3.8, 4) is 0 Å². The molecule has 1 aliphatic rings. The highest BCUT2D eigenvalue weighted by atomic mass is 16.5. The van der Waals surface area contributed by atoms with Gasteiger partial charge in [0.15, 0.2) is 0 Å². The van der Waals surface area contributed by atoms with E-state index in [2.05, 4.69) is 55.3 Å². The van der Waals surface area contributed by atoms with Crippen molar-refractivity contribution >= 4 is 0 Å². The maximum Gasteiger partial charge on any atom is 0.0509 e. The minimum absolute atomic E-state index is 0.522. The third kappa shape index (κ3) is 4.80. The van der Waals surface area contributed by atoms with Crippen molar-refractivity contribution in [3.63, 3.8) is 0 Å². The summed E-state index contributed by atoms with van der Waals surface area (Å²) in [5, 5.41) is 3.69. The SMILES string of the molecule is CCN(CC)Cc1ccccc1CNC(C)C1CCOC1. The summed E-state index contributed by atoms with van der Waals surface area (Å²) in [6.45, 7) is 12.8. The Bertz CT molecular complexity index is 411. The summed E-state index contributed by atoms with van der Waals surface area (Å²) in [7, 11) is 0. The Morgan fingerprint density at radius 1 is 1.24 bits per heavy atom. The van der Waals surface area contributed by atoms with Crippen molar-refractivity contribution in [2.24, 2.45) is 5.92 Å². The van der Waals surface area contributed by atoms with E-state index in [1.165, 1.54) is 17.5 Å². The molecule has 1 aliphatic heterocycles. The van der Waals surface area contributed by atoms with Crippen LogP contribution in [-0.2, 0) is 17.8 Å². The van der Waals surface area contributed by atoms with Crippen LogP contribution in [0.15, 0.2) is 24.3 Å². The van der Waals surface area contributed by atoms with E-state index in [4.69, 9.17) is 4.74 Å². The molecule has 2 rings (SSSR count). The molecular weight excluding hydrogens is 260 g/mol. The van der Waals surface area contributed by atoms with Gasteiger partial charge in [-0.2, -0.15) is 0 Å². The maximum absolute atomic E-state index is 5.49. The molecule has 1 aromatic rings. The number of benzene rings is 1. The van der Waals surface area contributed by atoms with Gasteiger partial charge in [0, 0.05) is 25.7 Å². The van der Waals surface area contributed by atoms with E-state index >= 15 is 0 Å². The van der Waals surface area contributed by atoms with Crippen molar-refractivity contribution in [2.75, 3.05) is 26.3 Å². The van der Waals surface area contributed by atoms with Gasteiger partial charge in [-0.1, -0.05) is 38.1 Å². The van der Waals surface area contributed by atoms with Gasteiger partial charge in [0.05, 0.1) is 6.61 Å². The lowest BCUT2D eigenvalue weighted by Crippen LogP contribution is -2.34. The van der Waals surface area contributed by atoms with Gasteiger partial charge in [0.1, 0.15) is 0 Å². The van der Waals surface area contributed by atoms with Crippen LogP contribution >= 0.6 is 0 Å². The highest BCUT2D eigenvalue weighted by Crippen LogP contribution is 2.18. The number of nitrogens with one attached hydrogen (secondary N) is 1. The number of hydrogen-bond acceptors (Lipinski definition) is 3. The van der Waals surface area contributed by atoms with Crippen LogP contribution in [0.25, 0.3) is 0 Å². The molecule has 1 heterocycles. The average Bonchev–Trinajstić information content (AvgIpc) is 3.05. The lowest BCUT2D eigenvalue weighted by molar-refractivity contribution is 0.178. The summed E-state index contributed by atoms with van der Waals surface area (Å²) in [5.74, 6) is 0.667. The number of ether oxygens (including phenoxy) is 1. The first-order valence-corrected chi connectivity index (χ1v) is 8.34. The summed E-state index contributed by atoms with van der Waals surface area (Å²) in [6, 6.07) is 9.33. The van der Waals surface area contributed by atoms with Crippen LogP contribution in [0.5, 0.6) is 0 Å². The first-order valence-electron chi connectivity index (χ1n) is 8.34. The van der Waals surface area contributed by atoms with Crippen LogP contribution < -0.4 is 5.32 Å². The van der Waals surface area contributed by atoms with E-state index < -0.39 is 0 Å². The van der Waals surface area contributed by atoms with Gasteiger partial charge in [-0.15, -0.1) is 0 Å². The molecule has 2 atom stereocenters. The van der Waals surface area contributed by atoms with E-state index in [-0.39, 0.29) is 0 Å². The molecule has 3 heteroatoms. The van der Waals surface area contributed by atoms with Crippen LogP contribution in [0.2, 0.25) is 0 Å². The van der Waals surface area contributed by atoms with Gasteiger partial charge in [-0.25, -0.2) is 0 Å². The van der Waals surface area contributed by atoms with Crippen molar-refractivity contribution in [1.82, 2.24) is 10.2 Å². The summed E-state index contributed by atoms with van der Waals surface area (Å²) >= 11 is 0. The molecule has 0 amide bonds. The van der Waals surface area contributed by atoms with Crippen LogP contribution in [0.3, 0.4) is 0 Å². The van der Waals surface area contributed by atoms with Crippen molar-refractivity contribution < 1.29 is 4.74 Å². The predicted molar refractivity (Wildman–Crippen MR) is 88.3 cm³/mol. The molecule has 21 heavy (non-hydrogen) atoms. The Kier molecular flexibility index (Phi) is 6.68. The second-order valence-electron chi connectivity index (χ2n) is 6.02. The standard InChI is InChI=1S/C18H30N2O/c1-4-20(5-2)13-17-9-7-6-8-16(17)12-19-15(3)18-10-11-21-14-18/h6-9,15,18-19H,4-5,10-14H2,1-3H3. The number of hydrogen-bond donors (Lipinski definition) is 1. The molecule has 1 aromatic carbocycles. The molecule has 2 unspecified atom stereocenters. The smallest absolute Gasteiger partial charge is 0.0509 e. The highest BCUT2D eigenvalue weighted by molar-refractivity contribution is 5.27. The minimum atomic E-state index is 0.522. The van der Waals surface area contributed by atoms with Crippen molar-refractivity contribution in [1.29, 1.82) is 0 Å². The third-order valence-electron chi connectivity index (χ3n) is 4.69. The zero-order valence-electron chi connectivity index (χ0n) is 13.8. The Hall–Kier alpha value is -0.900. The molecule has 0 spiro atoms. The molecule has 1 fully saturated rings. The molecule has 118 valence electrons. The molecule has 0 bridgehead atoms. The van der Waals surface area contributed by atoms with E-state index in [1.54, 1.807) is 0 Å². The molecule has 0 saturated carbocycles. The highest BCUT2D eigenvalue weighted by Gasteiger charge is 2.21. The van der Waals surface area contributed by atoms with Gasteiger partial charge >= 0.3 is 0 Å². The second-order valence-corrected chi connectivity index (χ2v) is 6.02. The van der Waals surface area contributed by atoms with Gasteiger partial charge in [-0.3, -0.25) is 4.90 Å². The van der Waals surface area contributed by atoms with Gasteiger partial charge in [0.2, 0.25) is 0 Å². The zero-order chi connectivity index (χ0) is 15.1. The van der Waals surface area contributed by atoms with Gasteiger partial charge < -0.3 is 10.1 Å². The lowest BCUT2D eigenvalue weighted by atomic mass is 10.00. The molecule has 1 saturated heterocycles. The fourth-order valence-corrected chi connectivity index (χ4v) is 2.96. The topological polar surface area (TPSA) is 24.5 Å². The molecular formula is C18H30N2O. The van der Waals surface area contributed by atoms with E-state index in [9.17, 15) is 0 Å². The fourth-order valence-electron chi connectivity index (χ4n) is 2.96. The minimum Gasteiger partial charge on any atom is -0.381 e. The Labute approximate surface area is 129 Å². The largest absolute Gasteiger partial charge is 0.381 e. The van der Waals surface area contributed by atoms with Crippen LogP contribution in [0, 0.1) is 5.92 Å². The third-order valence-corrected chi connectivity index (χ3v) is 4.69. The van der Waals surface area contributed by atoms with Crippen molar-refractivity contribution in [2.45, 2.75) is 46.3 Å². The first kappa shape index (κ1) is 16.5. The van der Waals surface area contributed by atoms with Crippen LogP contribution in [0.4, 0.5) is 0 Å². The maximum atomic E-state index is 5.49. The van der Waals surface area contributed by atoms with E-state index in [0.29, 0.717) is 12.0 Å². The Morgan fingerprint density at radius 3 is 2.57 bits per heavy atom. The molecule has 1 N–H and O–H groups in total. The summed E-state index contributed by atoms with van der Waals surface area (Å²) in [4.78, 5) is 2.47. The second kappa shape index (κ2) is 8.52. The Morgan fingerprint density at radius 2 is 1.95 bits per heavy atom. The molecule has 0 radical (unpaired) electrons. The quantitative estimate of drug-likeness (QED) is 0.796. The summed E-state index contributed by atoms with van der Waals surface area (Å²) in [5.41, 5.74) is 2.87. The molecule has 0 aromatic heterocycles. The average molecular weight is 290 g/mol. The molecule has 3 nitrogen and oxygen atoms in total. The number of rotatable bonds is 8. The summed E-state index contributed by atoms with van der Waals surface area (Å²) < 4.78 is 5.49. The first-order chi connectivity index (χ1) is 10.2. The van der Waals surface area contributed by atoms with E-state index in [1.807, 2.05) is 0 Å². The predicted octanol–water partition coefficient (Wildman–Crippen LogP) is 3.04. The van der Waals surface area contributed by atoms with Crippen molar-refractivity contribution in [3.05, 3.63) is 35.4 Å².